The first-order valence-electron chi connectivity index (χ1n) is 8.45. The summed E-state index contributed by atoms with van der Waals surface area (Å²) in [4.78, 5) is 16.6. The summed E-state index contributed by atoms with van der Waals surface area (Å²) in [7, 11) is 0. The first-order valence-corrected chi connectivity index (χ1v) is 9.71. The van der Waals surface area contributed by atoms with Gasteiger partial charge < -0.3 is 15.8 Å². The molecule has 1 aromatic heterocycles. The van der Waals surface area contributed by atoms with Crippen molar-refractivity contribution < 1.29 is 9.53 Å². The molecular weight excluding hydrogens is 358 g/mol. The predicted octanol–water partition coefficient (Wildman–Crippen LogP) is 3.30. The van der Waals surface area contributed by atoms with Crippen LogP contribution in [0.25, 0.3) is 0 Å². The van der Waals surface area contributed by atoms with Crippen LogP contribution in [0.4, 0.5) is 0 Å². The predicted molar refractivity (Wildman–Crippen MR) is 100.0 cm³/mol. The first-order chi connectivity index (χ1) is 12.1. The number of nitrogens with two attached hydrogens (primary N) is 1. The number of ether oxygens (including phenoxy) is 1. The van der Waals surface area contributed by atoms with Gasteiger partial charge in [0.1, 0.15) is 17.4 Å². The van der Waals surface area contributed by atoms with E-state index in [1.807, 2.05) is 17.5 Å². The number of hydrogen-bond acceptors (Lipinski definition) is 5. The van der Waals surface area contributed by atoms with E-state index >= 15 is 0 Å². The molecule has 0 saturated heterocycles. The Bertz CT molecular complexity index is 697. The Hall–Kier alpha value is -1.63. The number of hydrogen-bond donors (Lipinski definition) is 2. The molecule has 1 saturated carbocycles. The molecule has 7 heteroatoms. The van der Waals surface area contributed by atoms with E-state index in [2.05, 4.69) is 10.3 Å². The molecule has 0 spiro atoms. The molecule has 1 amide bonds. The van der Waals surface area contributed by atoms with Crippen molar-refractivity contribution >= 4 is 28.8 Å². The van der Waals surface area contributed by atoms with Crippen molar-refractivity contribution in [3.8, 4) is 5.75 Å². The average molecular weight is 380 g/mol. The largest absolute Gasteiger partial charge is 0.486 e. The number of thiazole rings is 1. The van der Waals surface area contributed by atoms with E-state index < -0.39 is 0 Å². The van der Waals surface area contributed by atoms with Gasteiger partial charge in [-0.05, 0) is 49.9 Å². The minimum Gasteiger partial charge on any atom is -0.486 e. The van der Waals surface area contributed by atoms with E-state index in [0.29, 0.717) is 18.1 Å². The summed E-state index contributed by atoms with van der Waals surface area (Å²) in [5, 5.41) is 6.52. The Kier molecular flexibility index (Phi) is 6.29. The zero-order valence-corrected chi connectivity index (χ0v) is 15.5. The smallest absolute Gasteiger partial charge is 0.226 e. The minimum atomic E-state index is 0.0240. The fourth-order valence-corrected chi connectivity index (χ4v) is 3.71. The summed E-state index contributed by atoms with van der Waals surface area (Å²) < 4.78 is 5.67. The number of halogens is 1. The fourth-order valence-electron chi connectivity index (χ4n) is 2.88. The molecule has 25 heavy (non-hydrogen) atoms. The van der Waals surface area contributed by atoms with Crippen LogP contribution in [0.3, 0.4) is 0 Å². The summed E-state index contributed by atoms with van der Waals surface area (Å²) in [6, 6.07) is 7.74. The Labute approximate surface area is 156 Å². The Morgan fingerprint density at radius 3 is 2.72 bits per heavy atom. The van der Waals surface area contributed by atoms with Crippen molar-refractivity contribution in [1.82, 2.24) is 10.3 Å². The number of amides is 1. The summed E-state index contributed by atoms with van der Waals surface area (Å²) in [6.07, 6.45) is 4.19. The number of nitrogens with one attached hydrogen (secondary N) is 1. The third kappa shape index (κ3) is 5.70. The molecule has 1 aromatic carbocycles. The lowest BCUT2D eigenvalue weighted by atomic mass is 9.92. The molecule has 0 atom stereocenters. The van der Waals surface area contributed by atoms with E-state index in [4.69, 9.17) is 22.1 Å². The summed E-state index contributed by atoms with van der Waals surface area (Å²) in [5.74, 6) is 0.769. The number of nitrogens with zero attached hydrogens (tertiary/aromatic N) is 1. The maximum Gasteiger partial charge on any atom is 0.226 e. The van der Waals surface area contributed by atoms with Gasteiger partial charge in [-0.3, -0.25) is 4.79 Å². The molecule has 5 nitrogen and oxygen atoms in total. The number of rotatable bonds is 6. The van der Waals surface area contributed by atoms with Crippen molar-refractivity contribution in [2.45, 2.75) is 50.8 Å². The summed E-state index contributed by atoms with van der Waals surface area (Å²) in [6.45, 7) is 0.383. The average Bonchev–Trinajstić information content (AvgIpc) is 3.04. The molecule has 0 radical (unpaired) electrons. The summed E-state index contributed by atoms with van der Waals surface area (Å²) in [5.41, 5.74) is 6.67. The molecular formula is C18H22ClN3O2S. The van der Waals surface area contributed by atoms with Crippen molar-refractivity contribution in [3.05, 3.63) is 45.4 Å². The number of carbonyl (C=O) groups excluding carboxylic acids is 1. The highest BCUT2D eigenvalue weighted by Crippen LogP contribution is 2.19. The third-order valence-corrected chi connectivity index (χ3v) is 5.38. The Morgan fingerprint density at radius 1 is 1.28 bits per heavy atom. The van der Waals surface area contributed by atoms with Crippen molar-refractivity contribution in [2.75, 3.05) is 0 Å². The molecule has 3 rings (SSSR count). The molecule has 2 aromatic rings. The van der Waals surface area contributed by atoms with Crippen molar-refractivity contribution in [2.24, 2.45) is 5.73 Å². The van der Waals surface area contributed by atoms with E-state index in [0.717, 1.165) is 42.1 Å². The van der Waals surface area contributed by atoms with Crippen LogP contribution in [0.2, 0.25) is 5.02 Å². The Balaban J connectivity index is 1.44. The standard InChI is InChI=1S/C18H22ClN3O2S/c19-12-1-7-16(8-2-12)24-10-18-22-15(11-25-18)9-17(23)21-14-5-3-13(20)4-6-14/h1-2,7-8,11,13-14H,3-6,9-10,20H2,(H,21,23). The number of carbonyl (C=O) groups is 1. The molecule has 0 bridgehead atoms. The van der Waals surface area contributed by atoms with Crippen LogP contribution in [0.5, 0.6) is 5.75 Å². The SMILES string of the molecule is NC1CCC(NC(=O)Cc2csc(COc3ccc(Cl)cc3)n2)CC1. The quantitative estimate of drug-likeness (QED) is 0.807. The van der Waals surface area contributed by atoms with Gasteiger partial charge in [-0.25, -0.2) is 4.98 Å². The van der Waals surface area contributed by atoms with Crippen molar-refractivity contribution in [3.63, 3.8) is 0 Å². The monoisotopic (exact) mass is 379 g/mol. The van der Waals surface area contributed by atoms with Gasteiger partial charge in [-0.1, -0.05) is 11.6 Å². The maximum absolute atomic E-state index is 12.2. The topological polar surface area (TPSA) is 77.2 Å². The van der Waals surface area contributed by atoms with E-state index in [-0.39, 0.29) is 18.0 Å². The van der Waals surface area contributed by atoms with Crippen LogP contribution < -0.4 is 15.8 Å². The van der Waals surface area contributed by atoms with E-state index in [1.54, 1.807) is 12.1 Å². The highest BCUT2D eigenvalue weighted by molar-refractivity contribution is 7.09. The molecule has 3 N–H and O–H groups in total. The van der Waals surface area contributed by atoms with Gasteiger partial charge in [-0.2, -0.15) is 0 Å². The van der Waals surface area contributed by atoms with Gasteiger partial charge in [0.2, 0.25) is 5.91 Å². The number of benzene rings is 1. The van der Waals surface area contributed by atoms with Crippen LogP contribution >= 0.6 is 22.9 Å². The van der Waals surface area contributed by atoms with Gasteiger partial charge in [0.15, 0.2) is 0 Å². The van der Waals surface area contributed by atoms with Crippen LogP contribution in [0.1, 0.15) is 36.4 Å². The highest BCUT2D eigenvalue weighted by atomic mass is 35.5. The van der Waals surface area contributed by atoms with Gasteiger partial charge in [-0.15, -0.1) is 11.3 Å². The molecule has 1 aliphatic rings. The van der Waals surface area contributed by atoms with Crippen LogP contribution in [0.15, 0.2) is 29.6 Å². The molecule has 0 aliphatic heterocycles. The second-order valence-electron chi connectivity index (χ2n) is 6.33. The van der Waals surface area contributed by atoms with Crippen LogP contribution in [-0.2, 0) is 17.8 Å². The molecule has 0 unspecified atom stereocenters. The molecule has 1 aliphatic carbocycles. The molecule has 1 heterocycles. The molecule has 134 valence electrons. The van der Waals surface area contributed by atoms with Gasteiger partial charge >= 0.3 is 0 Å². The Morgan fingerprint density at radius 2 is 2.00 bits per heavy atom. The lowest BCUT2D eigenvalue weighted by Gasteiger charge is -2.26. The summed E-state index contributed by atoms with van der Waals surface area (Å²) >= 11 is 7.35. The second kappa shape index (κ2) is 8.65. The maximum atomic E-state index is 12.2. The van der Waals surface area contributed by atoms with E-state index in [9.17, 15) is 4.79 Å². The second-order valence-corrected chi connectivity index (χ2v) is 7.71. The highest BCUT2D eigenvalue weighted by Gasteiger charge is 2.20. The zero-order valence-electron chi connectivity index (χ0n) is 13.9. The first kappa shape index (κ1) is 18.2. The zero-order chi connectivity index (χ0) is 17.6. The van der Waals surface area contributed by atoms with Gasteiger partial charge in [0, 0.05) is 22.5 Å². The minimum absolute atomic E-state index is 0.0240. The molecule has 1 fully saturated rings. The normalized spacial score (nSPS) is 20.2. The number of aromatic nitrogens is 1. The fraction of sp³-hybridized carbons (Fsp3) is 0.444. The van der Waals surface area contributed by atoms with E-state index in [1.165, 1.54) is 11.3 Å². The van der Waals surface area contributed by atoms with Gasteiger partial charge in [0.05, 0.1) is 12.1 Å². The lowest BCUT2D eigenvalue weighted by Crippen LogP contribution is -2.41. The third-order valence-electron chi connectivity index (χ3n) is 4.25. The van der Waals surface area contributed by atoms with Crippen LogP contribution in [-0.4, -0.2) is 23.0 Å². The van der Waals surface area contributed by atoms with Crippen LogP contribution in [0, 0.1) is 0 Å². The van der Waals surface area contributed by atoms with Gasteiger partial charge in [0.25, 0.3) is 0 Å². The van der Waals surface area contributed by atoms with Crippen molar-refractivity contribution in [1.29, 1.82) is 0 Å². The lowest BCUT2D eigenvalue weighted by molar-refractivity contribution is -0.121.